The van der Waals surface area contributed by atoms with Crippen LogP contribution >= 0.6 is 0 Å². The van der Waals surface area contributed by atoms with Crippen molar-refractivity contribution in [2.75, 3.05) is 12.6 Å². The summed E-state index contributed by atoms with van der Waals surface area (Å²) in [6.07, 6.45) is 5.46. The summed E-state index contributed by atoms with van der Waals surface area (Å²) in [7, 11) is 1.55. The number of hydrogen-bond donors (Lipinski definition) is 1. The molecule has 0 atom stereocenters. The van der Waals surface area contributed by atoms with Crippen molar-refractivity contribution in [1.29, 1.82) is 0 Å². The van der Waals surface area contributed by atoms with Crippen molar-refractivity contribution < 1.29 is 4.84 Å². The lowest BCUT2D eigenvalue weighted by molar-refractivity contribution is 0.269. The lowest BCUT2D eigenvalue weighted by Crippen LogP contribution is -1.99. The molecule has 2 aromatic heterocycles. The molecule has 0 spiro atoms. The van der Waals surface area contributed by atoms with Gasteiger partial charge < -0.3 is 4.57 Å². The van der Waals surface area contributed by atoms with E-state index in [2.05, 4.69) is 15.4 Å². The van der Waals surface area contributed by atoms with Crippen molar-refractivity contribution in [2.45, 2.75) is 6.92 Å². The maximum Gasteiger partial charge on any atom is 0.149 e. The Kier molecular flexibility index (Phi) is 2.64. The van der Waals surface area contributed by atoms with Crippen LogP contribution in [0.3, 0.4) is 0 Å². The Morgan fingerprint density at radius 3 is 2.73 bits per heavy atom. The number of nitrogens with one attached hydrogen (secondary N) is 1. The van der Waals surface area contributed by atoms with Crippen molar-refractivity contribution in [3.05, 3.63) is 36.5 Å². The molecule has 0 bridgehead atoms. The van der Waals surface area contributed by atoms with E-state index in [0.717, 1.165) is 11.4 Å². The first-order valence-electron chi connectivity index (χ1n) is 4.55. The lowest BCUT2D eigenvalue weighted by Gasteiger charge is -2.04. The van der Waals surface area contributed by atoms with Gasteiger partial charge in [-0.3, -0.25) is 4.84 Å². The third-order valence-electron chi connectivity index (χ3n) is 1.96. The minimum Gasteiger partial charge on any atom is -0.304 e. The number of imidazole rings is 1. The van der Waals surface area contributed by atoms with Crippen molar-refractivity contribution in [3.63, 3.8) is 0 Å². The van der Waals surface area contributed by atoms with Crippen LogP contribution in [-0.2, 0) is 4.84 Å². The summed E-state index contributed by atoms with van der Waals surface area (Å²) < 4.78 is 1.92. The maximum atomic E-state index is 4.75. The quantitative estimate of drug-likeness (QED) is 0.771. The van der Waals surface area contributed by atoms with Gasteiger partial charge in [0.05, 0.1) is 31.0 Å². The molecule has 0 unspecified atom stereocenters. The summed E-state index contributed by atoms with van der Waals surface area (Å²) >= 11 is 0. The van der Waals surface area contributed by atoms with E-state index in [1.165, 1.54) is 0 Å². The molecule has 2 rings (SSSR count). The molecule has 2 heterocycles. The fourth-order valence-corrected chi connectivity index (χ4v) is 1.27. The van der Waals surface area contributed by atoms with E-state index in [9.17, 15) is 0 Å². The molecular formula is C10H12N4O. The molecule has 0 amide bonds. The highest BCUT2D eigenvalue weighted by atomic mass is 16.6. The predicted octanol–water partition coefficient (Wildman–Crippen LogP) is 1.55. The van der Waals surface area contributed by atoms with Crippen LogP contribution in [0.15, 0.2) is 30.9 Å². The molecule has 78 valence electrons. The van der Waals surface area contributed by atoms with Crippen LogP contribution in [0.1, 0.15) is 5.69 Å². The molecule has 5 heteroatoms. The molecule has 0 aromatic carbocycles. The van der Waals surface area contributed by atoms with E-state index in [0.29, 0.717) is 5.82 Å². The topological polar surface area (TPSA) is 52.0 Å². The third kappa shape index (κ3) is 2.13. The summed E-state index contributed by atoms with van der Waals surface area (Å²) in [5.41, 5.74) is 4.61. The molecule has 1 N–H and O–H groups in total. The fraction of sp³-hybridized carbons (Fsp3) is 0.200. The molecule has 0 saturated carbocycles. The van der Waals surface area contributed by atoms with Gasteiger partial charge in [-0.05, 0) is 19.1 Å². The first-order valence-corrected chi connectivity index (χ1v) is 4.55. The van der Waals surface area contributed by atoms with Gasteiger partial charge in [0.2, 0.25) is 0 Å². The number of nitrogens with zero attached hydrogens (tertiary/aromatic N) is 3. The van der Waals surface area contributed by atoms with E-state index < -0.39 is 0 Å². The largest absolute Gasteiger partial charge is 0.304 e. The third-order valence-corrected chi connectivity index (χ3v) is 1.96. The number of hydrogen-bond acceptors (Lipinski definition) is 4. The second kappa shape index (κ2) is 4.10. The SMILES string of the molecule is CONc1ccc(-n2cnc(C)c2)cn1. The minimum atomic E-state index is 0.679. The summed E-state index contributed by atoms with van der Waals surface area (Å²) in [4.78, 5) is 13.1. The molecule has 0 aliphatic carbocycles. The number of aromatic nitrogens is 3. The van der Waals surface area contributed by atoms with Crippen molar-refractivity contribution in [3.8, 4) is 5.69 Å². The summed E-state index contributed by atoms with van der Waals surface area (Å²) in [6, 6.07) is 3.78. The smallest absolute Gasteiger partial charge is 0.149 e. The Labute approximate surface area is 87.7 Å². The Morgan fingerprint density at radius 1 is 1.33 bits per heavy atom. The Morgan fingerprint density at radius 2 is 2.20 bits per heavy atom. The van der Waals surface area contributed by atoms with E-state index >= 15 is 0 Å². The van der Waals surface area contributed by atoms with Crippen LogP contribution in [0.2, 0.25) is 0 Å². The fourth-order valence-electron chi connectivity index (χ4n) is 1.27. The van der Waals surface area contributed by atoms with Crippen molar-refractivity contribution in [1.82, 2.24) is 14.5 Å². The van der Waals surface area contributed by atoms with Gasteiger partial charge in [-0.25, -0.2) is 15.4 Å². The number of anilines is 1. The average molecular weight is 204 g/mol. The molecule has 0 aliphatic rings. The van der Waals surface area contributed by atoms with Gasteiger partial charge in [-0.2, -0.15) is 0 Å². The van der Waals surface area contributed by atoms with E-state index in [1.54, 1.807) is 19.6 Å². The highest BCUT2D eigenvalue weighted by Crippen LogP contribution is 2.10. The molecule has 2 aromatic rings. The van der Waals surface area contributed by atoms with Crippen LogP contribution in [0.5, 0.6) is 0 Å². The second-order valence-corrected chi connectivity index (χ2v) is 3.13. The van der Waals surface area contributed by atoms with Crippen LogP contribution < -0.4 is 5.48 Å². The van der Waals surface area contributed by atoms with Gasteiger partial charge in [0.25, 0.3) is 0 Å². The zero-order chi connectivity index (χ0) is 10.7. The van der Waals surface area contributed by atoms with Gasteiger partial charge >= 0.3 is 0 Å². The van der Waals surface area contributed by atoms with Crippen LogP contribution in [0.4, 0.5) is 5.82 Å². The first-order chi connectivity index (χ1) is 7.29. The summed E-state index contributed by atoms with van der Waals surface area (Å²) in [6.45, 7) is 1.95. The van der Waals surface area contributed by atoms with E-state index in [1.807, 2.05) is 29.8 Å². The predicted molar refractivity (Wildman–Crippen MR) is 56.7 cm³/mol. The molecular weight excluding hydrogens is 192 g/mol. The van der Waals surface area contributed by atoms with Crippen LogP contribution in [0, 0.1) is 6.92 Å². The normalized spacial score (nSPS) is 10.3. The number of rotatable bonds is 3. The first kappa shape index (κ1) is 9.67. The van der Waals surface area contributed by atoms with Crippen molar-refractivity contribution in [2.24, 2.45) is 0 Å². The summed E-state index contributed by atoms with van der Waals surface area (Å²) in [5.74, 6) is 0.679. The monoisotopic (exact) mass is 204 g/mol. The van der Waals surface area contributed by atoms with Crippen LogP contribution in [0.25, 0.3) is 5.69 Å². The van der Waals surface area contributed by atoms with Gasteiger partial charge in [-0.1, -0.05) is 0 Å². The molecule has 0 aliphatic heterocycles. The Balaban J connectivity index is 2.23. The maximum absolute atomic E-state index is 4.75. The molecule has 0 saturated heterocycles. The average Bonchev–Trinajstić information content (AvgIpc) is 2.67. The van der Waals surface area contributed by atoms with Gasteiger partial charge in [0.1, 0.15) is 5.82 Å². The van der Waals surface area contributed by atoms with Crippen molar-refractivity contribution >= 4 is 5.82 Å². The lowest BCUT2D eigenvalue weighted by atomic mass is 10.4. The van der Waals surface area contributed by atoms with E-state index in [-0.39, 0.29) is 0 Å². The molecule has 5 nitrogen and oxygen atoms in total. The number of aryl methyl sites for hydroxylation is 1. The summed E-state index contributed by atoms with van der Waals surface area (Å²) in [5, 5.41) is 0. The highest BCUT2D eigenvalue weighted by molar-refractivity contribution is 5.39. The standard InChI is InChI=1S/C10H12N4O/c1-8-6-14(7-12-8)9-3-4-10(11-5-9)13-15-2/h3-7H,1-2H3,(H,11,13). The van der Waals surface area contributed by atoms with Gasteiger partial charge in [-0.15, -0.1) is 0 Å². The minimum absolute atomic E-state index is 0.679. The highest BCUT2D eigenvalue weighted by Gasteiger charge is 1.98. The Bertz CT molecular complexity index is 435. The zero-order valence-corrected chi connectivity index (χ0v) is 8.64. The number of pyridine rings is 1. The van der Waals surface area contributed by atoms with Gasteiger partial charge in [0.15, 0.2) is 0 Å². The Hall–Kier alpha value is -1.88. The molecule has 0 radical (unpaired) electrons. The van der Waals surface area contributed by atoms with E-state index in [4.69, 9.17) is 4.84 Å². The second-order valence-electron chi connectivity index (χ2n) is 3.13. The molecule has 0 fully saturated rings. The van der Waals surface area contributed by atoms with Gasteiger partial charge in [0, 0.05) is 6.20 Å². The van der Waals surface area contributed by atoms with Crippen LogP contribution in [-0.4, -0.2) is 21.6 Å². The molecule has 15 heavy (non-hydrogen) atoms. The zero-order valence-electron chi connectivity index (χ0n) is 8.64.